The number of aromatic nitrogens is 1. The summed E-state index contributed by atoms with van der Waals surface area (Å²) >= 11 is 6.00. The Balaban J connectivity index is 2.12. The number of hydrogen-bond acceptors (Lipinski definition) is 1. The molecule has 0 aliphatic rings. The number of benzene rings is 2. The lowest BCUT2D eigenvalue weighted by Gasteiger charge is -2.25. The molecule has 2 nitrogen and oxygen atoms in total. The molecule has 3 aromatic rings. The van der Waals surface area contributed by atoms with Crippen molar-refractivity contribution in [1.82, 2.24) is 4.98 Å². The van der Waals surface area contributed by atoms with Crippen LogP contribution in [0.1, 0.15) is 18.1 Å². The molecule has 2 aromatic carbocycles. The van der Waals surface area contributed by atoms with E-state index in [9.17, 15) is 5.11 Å². The predicted molar refractivity (Wildman–Crippen MR) is 78.4 cm³/mol. The van der Waals surface area contributed by atoms with Crippen LogP contribution in [0.4, 0.5) is 0 Å². The highest BCUT2D eigenvalue weighted by Crippen LogP contribution is 2.32. The van der Waals surface area contributed by atoms with Gasteiger partial charge >= 0.3 is 0 Å². The molecule has 0 saturated heterocycles. The van der Waals surface area contributed by atoms with Gasteiger partial charge < -0.3 is 10.1 Å². The molecule has 0 spiro atoms. The van der Waals surface area contributed by atoms with E-state index < -0.39 is 5.60 Å². The highest BCUT2D eigenvalue weighted by atomic mass is 35.5. The van der Waals surface area contributed by atoms with E-state index in [4.69, 9.17) is 11.6 Å². The molecular weight excluding hydrogens is 258 g/mol. The van der Waals surface area contributed by atoms with E-state index in [1.807, 2.05) is 42.6 Å². The first kappa shape index (κ1) is 12.3. The quantitative estimate of drug-likeness (QED) is 0.724. The number of nitrogens with one attached hydrogen (secondary N) is 1. The standard InChI is InChI=1S/C16H14ClNO/c1-16(19,12-3-2-4-14(17)10-12)13-5-6-15-11(9-13)7-8-18-15/h2-10,18-19H,1H3. The maximum absolute atomic E-state index is 10.8. The smallest absolute Gasteiger partial charge is 0.112 e. The number of aliphatic hydroxyl groups is 1. The van der Waals surface area contributed by atoms with Gasteiger partial charge in [0.25, 0.3) is 0 Å². The number of rotatable bonds is 2. The molecule has 0 amide bonds. The average Bonchev–Trinajstić information content (AvgIpc) is 2.85. The molecule has 0 fully saturated rings. The number of aromatic amines is 1. The monoisotopic (exact) mass is 271 g/mol. The summed E-state index contributed by atoms with van der Waals surface area (Å²) < 4.78 is 0. The minimum atomic E-state index is -1.06. The third kappa shape index (κ3) is 2.14. The lowest BCUT2D eigenvalue weighted by Crippen LogP contribution is -2.22. The Labute approximate surface area is 116 Å². The van der Waals surface area contributed by atoms with Crippen LogP contribution in [0.5, 0.6) is 0 Å². The van der Waals surface area contributed by atoms with Crippen LogP contribution in [0.25, 0.3) is 10.9 Å². The highest BCUT2D eigenvalue weighted by Gasteiger charge is 2.26. The molecule has 0 saturated carbocycles. The Hall–Kier alpha value is -1.77. The van der Waals surface area contributed by atoms with E-state index in [2.05, 4.69) is 4.98 Å². The number of hydrogen-bond donors (Lipinski definition) is 2. The maximum atomic E-state index is 10.8. The Morgan fingerprint density at radius 3 is 2.63 bits per heavy atom. The van der Waals surface area contributed by atoms with Crippen LogP contribution in [0.15, 0.2) is 54.7 Å². The Bertz CT molecular complexity index is 730. The van der Waals surface area contributed by atoms with Crippen molar-refractivity contribution in [3.8, 4) is 0 Å². The number of halogens is 1. The van der Waals surface area contributed by atoms with Gasteiger partial charge in [0.2, 0.25) is 0 Å². The van der Waals surface area contributed by atoms with Gasteiger partial charge in [-0.15, -0.1) is 0 Å². The Kier molecular flexibility index (Phi) is 2.85. The van der Waals surface area contributed by atoms with Crippen LogP contribution < -0.4 is 0 Å². The first-order valence-corrected chi connectivity index (χ1v) is 6.51. The van der Waals surface area contributed by atoms with Gasteiger partial charge in [0.15, 0.2) is 0 Å². The summed E-state index contributed by atoms with van der Waals surface area (Å²) in [6.45, 7) is 1.78. The fraction of sp³-hybridized carbons (Fsp3) is 0.125. The molecule has 0 bridgehead atoms. The Morgan fingerprint density at radius 2 is 1.84 bits per heavy atom. The predicted octanol–water partition coefficient (Wildman–Crippen LogP) is 4.08. The molecule has 96 valence electrons. The topological polar surface area (TPSA) is 36.0 Å². The van der Waals surface area contributed by atoms with Crippen molar-refractivity contribution in [2.45, 2.75) is 12.5 Å². The minimum Gasteiger partial charge on any atom is -0.381 e. The van der Waals surface area contributed by atoms with E-state index >= 15 is 0 Å². The Morgan fingerprint density at radius 1 is 1.05 bits per heavy atom. The molecule has 1 unspecified atom stereocenters. The van der Waals surface area contributed by atoms with Crippen molar-refractivity contribution in [2.24, 2.45) is 0 Å². The maximum Gasteiger partial charge on any atom is 0.112 e. The van der Waals surface area contributed by atoms with Gasteiger partial charge in [0, 0.05) is 16.7 Å². The summed E-state index contributed by atoms with van der Waals surface area (Å²) in [5.41, 5.74) is 1.64. The first-order chi connectivity index (χ1) is 9.07. The van der Waals surface area contributed by atoms with Gasteiger partial charge in [0.05, 0.1) is 0 Å². The van der Waals surface area contributed by atoms with Gasteiger partial charge in [-0.05, 0) is 53.8 Å². The summed E-state index contributed by atoms with van der Waals surface area (Å²) in [5, 5.41) is 12.5. The summed E-state index contributed by atoms with van der Waals surface area (Å²) in [5.74, 6) is 0. The highest BCUT2D eigenvalue weighted by molar-refractivity contribution is 6.30. The van der Waals surface area contributed by atoms with Gasteiger partial charge in [0.1, 0.15) is 5.60 Å². The molecule has 0 aliphatic carbocycles. The molecule has 0 radical (unpaired) electrons. The molecule has 2 N–H and O–H groups in total. The summed E-state index contributed by atoms with van der Waals surface area (Å²) in [6.07, 6.45) is 1.89. The lowest BCUT2D eigenvalue weighted by atomic mass is 9.88. The van der Waals surface area contributed by atoms with Crippen molar-refractivity contribution >= 4 is 22.5 Å². The van der Waals surface area contributed by atoms with Gasteiger partial charge in [-0.3, -0.25) is 0 Å². The second kappa shape index (κ2) is 4.41. The average molecular weight is 272 g/mol. The molecule has 1 aromatic heterocycles. The lowest BCUT2D eigenvalue weighted by molar-refractivity contribution is 0.102. The third-order valence-corrected chi connectivity index (χ3v) is 3.74. The SMILES string of the molecule is CC(O)(c1cccc(Cl)c1)c1ccc2[nH]ccc2c1. The van der Waals surface area contributed by atoms with Crippen LogP contribution in [-0.4, -0.2) is 10.1 Å². The molecule has 3 rings (SSSR count). The van der Waals surface area contributed by atoms with Crippen molar-refractivity contribution in [3.05, 3.63) is 70.9 Å². The van der Waals surface area contributed by atoms with E-state index in [0.717, 1.165) is 22.0 Å². The normalized spacial score (nSPS) is 14.5. The van der Waals surface area contributed by atoms with E-state index in [1.165, 1.54) is 0 Å². The van der Waals surface area contributed by atoms with E-state index in [0.29, 0.717) is 5.02 Å². The second-order valence-corrected chi connectivity index (χ2v) is 5.30. The zero-order chi connectivity index (χ0) is 13.5. The van der Waals surface area contributed by atoms with Crippen LogP contribution in [-0.2, 0) is 5.60 Å². The molecule has 0 aliphatic heterocycles. The second-order valence-electron chi connectivity index (χ2n) is 4.86. The van der Waals surface area contributed by atoms with Crippen LogP contribution >= 0.6 is 11.6 Å². The van der Waals surface area contributed by atoms with Crippen molar-refractivity contribution in [1.29, 1.82) is 0 Å². The van der Waals surface area contributed by atoms with Gasteiger partial charge in [-0.2, -0.15) is 0 Å². The van der Waals surface area contributed by atoms with Gasteiger partial charge in [-0.1, -0.05) is 29.8 Å². The van der Waals surface area contributed by atoms with E-state index in [-0.39, 0.29) is 0 Å². The van der Waals surface area contributed by atoms with E-state index in [1.54, 1.807) is 19.1 Å². The molecule has 19 heavy (non-hydrogen) atoms. The van der Waals surface area contributed by atoms with Crippen molar-refractivity contribution in [2.75, 3.05) is 0 Å². The van der Waals surface area contributed by atoms with Crippen LogP contribution in [0, 0.1) is 0 Å². The summed E-state index contributed by atoms with van der Waals surface area (Å²) in [4.78, 5) is 3.14. The fourth-order valence-corrected chi connectivity index (χ4v) is 2.50. The van der Waals surface area contributed by atoms with Crippen LogP contribution in [0.3, 0.4) is 0 Å². The first-order valence-electron chi connectivity index (χ1n) is 6.13. The molecule has 1 atom stereocenters. The molecular formula is C16H14ClNO. The van der Waals surface area contributed by atoms with Gasteiger partial charge in [-0.25, -0.2) is 0 Å². The zero-order valence-electron chi connectivity index (χ0n) is 10.5. The van der Waals surface area contributed by atoms with Crippen LogP contribution in [0.2, 0.25) is 5.02 Å². The molecule has 3 heteroatoms. The number of H-pyrrole nitrogens is 1. The number of fused-ring (bicyclic) bond motifs is 1. The molecule has 1 heterocycles. The third-order valence-electron chi connectivity index (χ3n) is 3.50. The summed E-state index contributed by atoms with van der Waals surface area (Å²) in [6, 6.07) is 15.2. The van der Waals surface area contributed by atoms with Crippen molar-refractivity contribution < 1.29 is 5.11 Å². The fourth-order valence-electron chi connectivity index (χ4n) is 2.31. The summed E-state index contributed by atoms with van der Waals surface area (Å²) in [7, 11) is 0. The largest absolute Gasteiger partial charge is 0.381 e. The zero-order valence-corrected chi connectivity index (χ0v) is 11.3. The van der Waals surface area contributed by atoms with Crippen molar-refractivity contribution in [3.63, 3.8) is 0 Å². The minimum absolute atomic E-state index is 0.625.